The molecule has 0 unspecified atom stereocenters. The second-order valence-corrected chi connectivity index (χ2v) is 10.2. The SMILES string of the molecule is CC(C)CNc1ccc2c(c1)sc1c(NCC(C)C)c(C#N)c3nc4ccccc4n3c12. The van der Waals surface area contributed by atoms with Gasteiger partial charge in [-0.25, -0.2) is 4.98 Å². The highest BCUT2D eigenvalue weighted by molar-refractivity contribution is 7.26. The van der Waals surface area contributed by atoms with E-state index in [9.17, 15) is 5.26 Å². The molecule has 0 aliphatic rings. The molecule has 6 heteroatoms. The number of imidazole rings is 1. The van der Waals surface area contributed by atoms with E-state index >= 15 is 0 Å². The van der Waals surface area contributed by atoms with Gasteiger partial charge >= 0.3 is 0 Å². The Balaban J connectivity index is 1.87. The second-order valence-electron chi connectivity index (χ2n) is 9.16. The highest BCUT2D eigenvalue weighted by Gasteiger charge is 2.22. The van der Waals surface area contributed by atoms with Crippen LogP contribution in [0.25, 0.3) is 37.0 Å². The molecule has 5 nitrogen and oxygen atoms in total. The largest absolute Gasteiger partial charge is 0.385 e. The minimum atomic E-state index is 0.466. The molecule has 0 aliphatic heterocycles. The molecule has 5 aromatic rings. The normalized spacial score (nSPS) is 11.9. The van der Waals surface area contributed by atoms with Gasteiger partial charge in [-0.05, 0) is 42.2 Å². The molecule has 3 aromatic heterocycles. The van der Waals surface area contributed by atoms with Gasteiger partial charge in [0.05, 0.1) is 26.9 Å². The maximum atomic E-state index is 10.2. The first kappa shape index (κ1) is 20.6. The van der Waals surface area contributed by atoms with Crippen molar-refractivity contribution in [3.05, 3.63) is 48.0 Å². The van der Waals surface area contributed by atoms with Crippen LogP contribution in [0, 0.1) is 23.2 Å². The van der Waals surface area contributed by atoms with Crippen LogP contribution in [0.2, 0.25) is 0 Å². The number of hydrogen-bond donors (Lipinski definition) is 2. The third-order valence-electron chi connectivity index (χ3n) is 5.66. The van der Waals surface area contributed by atoms with E-state index in [1.165, 1.54) is 10.1 Å². The van der Waals surface area contributed by atoms with Crippen LogP contribution >= 0.6 is 11.3 Å². The molecule has 32 heavy (non-hydrogen) atoms. The van der Waals surface area contributed by atoms with E-state index in [4.69, 9.17) is 4.98 Å². The lowest BCUT2D eigenvalue weighted by Crippen LogP contribution is -2.10. The zero-order chi connectivity index (χ0) is 22.4. The van der Waals surface area contributed by atoms with E-state index < -0.39 is 0 Å². The van der Waals surface area contributed by atoms with Crippen LogP contribution in [-0.2, 0) is 0 Å². The van der Waals surface area contributed by atoms with Gasteiger partial charge in [0.1, 0.15) is 11.6 Å². The number of aromatic nitrogens is 2. The lowest BCUT2D eigenvalue weighted by molar-refractivity contribution is 0.689. The van der Waals surface area contributed by atoms with Crippen molar-refractivity contribution in [1.29, 1.82) is 5.26 Å². The van der Waals surface area contributed by atoms with Crippen molar-refractivity contribution in [2.45, 2.75) is 27.7 Å². The van der Waals surface area contributed by atoms with E-state index in [-0.39, 0.29) is 0 Å². The van der Waals surface area contributed by atoms with Crippen molar-refractivity contribution < 1.29 is 0 Å². The molecule has 0 saturated carbocycles. The van der Waals surface area contributed by atoms with Crippen molar-refractivity contribution in [3.63, 3.8) is 0 Å². The van der Waals surface area contributed by atoms with Gasteiger partial charge in [0.2, 0.25) is 0 Å². The summed E-state index contributed by atoms with van der Waals surface area (Å²) in [6.45, 7) is 10.5. The lowest BCUT2D eigenvalue weighted by atomic mass is 10.1. The summed E-state index contributed by atoms with van der Waals surface area (Å²) in [7, 11) is 0. The number of rotatable bonds is 6. The summed E-state index contributed by atoms with van der Waals surface area (Å²) in [4.78, 5) is 4.87. The van der Waals surface area contributed by atoms with Gasteiger partial charge in [0.25, 0.3) is 0 Å². The third-order valence-corrected chi connectivity index (χ3v) is 6.82. The molecule has 5 rings (SSSR count). The summed E-state index contributed by atoms with van der Waals surface area (Å²) >= 11 is 1.74. The Labute approximate surface area is 191 Å². The zero-order valence-electron chi connectivity index (χ0n) is 18.9. The quantitative estimate of drug-likeness (QED) is 0.302. The molecule has 0 radical (unpaired) electrons. The van der Waals surface area contributed by atoms with Crippen LogP contribution in [0.5, 0.6) is 0 Å². The number of pyridine rings is 1. The number of nitrogens with one attached hydrogen (secondary N) is 2. The smallest absolute Gasteiger partial charge is 0.158 e. The van der Waals surface area contributed by atoms with Crippen LogP contribution in [0.1, 0.15) is 33.3 Å². The van der Waals surface area contributed by atoms with Crippen LogP contribution in [-0.4, -0.2) is 22.5 Å². The summed E-state index contributed by atoms with van der Waals surface area (Å²) in [5.41, 5.74) is 6.41. The fraction of sp³-hybridized carbons (Fsp3) is 0.308. The first-order valence-electron chi connectivity index (χ1n) is 11.1. The van der Waals surface area contributed by atoms with E-state index in [0.717, 1.165) is 45.7 Å². The van der Waals surface area contributed by atoms with Crippen LogP contribution in [0.4, 0.5) is 11.4 Å². The highest BCUT2D eigenvalue weighted by Crippen LogP contribution is 2.43. The first-order valence-corrected chi connectivity index (χ1v) is 12.0. The summed E-state index contributed by atoms with van der Waals surface area (Å²) in [6, 6.07) is 17.2. The number of anilines is 2. The van der Waals surface area contributed by atoms with Gasteiger partial charge < -0.3 is 10.6 Å². The Morgan fingerprint density at radius 3 is 2.53 bits per heavy atom. The molecule has 3 heterocycles. The summed E-state index contributed by atoms with van der Waals surface area (Å²) in [6.07, 6.45) is 0. The molecular formula is C26H27N5S. The fourth-order valence-corrected chi connectivity index (χ4v) is 5.39. The Hall–Kier alpha value is -3.30. The van der Waals surface area contributed by atoms with E-state index in [1.807, 2.05) is 18.2 Å². The summed E-state index contributed by atoms with van der Waals surface area (Å²) in [5, 5.41) is 18.5. The van der Waals surface area contributed by atoms with Crippen LogP contribution in [0.15, 0.2) is 42.5 Å². The number of nitriles is 1. The zero-order valence-corrected chi connectivity index (χ0v) is 19.7. The van der Waals surface area contributed by atoms with Gasteiger partial charge in [0, 0.05) is 28.9 Å². The molecule has 0 aliphatic carbocycles. The highest BCUT2D eigenvalue weighted by atomic mass is 32.1. The monoisotopic (exact) mass is 441 g/mol. The molecule has 162 valence electrons. The van der Waals surface area contributed by atoms with Crippen molar-refractivity contribution in [2.75, 3.05) is 23.7 Å². The van der Waals surface area contributed by atoms with Gasteiger partial charge in [-0.3, -0.25) is 4.40 Å². The Morgan fingerprint density at radius 1 is 1.03 bits per heavy atom. The summed E-state index contributed by atoms with van der Waals surface area (Å²) < 4.78 is 4.48. The molecule has 2 aromatic carbocycles. The van der Waals surface area contributed by atoms with Crippen LogP contribution in [0.3, 0.4) is 0 Å². The van der Waals surface area contributed by atoms with E-state index in [2.05, 4.69) is 73.1 Å². The molecule has 0 saturated heterocycles. The molecule has 0 atom stereocenters. The Morgan fingerprint density at radius 2 is 1.78 bits per heavy atom. The van der Waals surface area contributed by atoms with Crippen molar-refractivity contribution in [2.24, 2.45) is 11.8 Å². The predicted octanol–water partition coefficient (Wildman–Crippen LogP) is 6.86. The molecule has 0 fully saturated rings. The second kappa shape index (κ2) is 7.99. The molecular weight excluding hydrogens is 414 g/mol. The van der Waals surface area contributed by atoms with E-state index in [1.54, 1.807) is 11.3 Å². The number of benzene rings is 2. The van der Waals surface area contributed by atoms with Gasteiger partial charge in [-0.2, -0.15) is 5.26 Å². The Bertz CT molecular complexity index is 1500. The number of para-hydroxylation sites is 2. The standard InChI is InChI=1S/C26H27N5S/c1-15(2)13-28-17-9-10-18-22(11-17)32-25-23(29-14-16(3)4)19(12-27)26-30-20-7-5-6-8-21(20)31(26)24(18)25/h5-11,15-16,28-29H,13-14H2,1-4H3. The van der Waals surface area contributed by atoms with Crippen molar-refractivity contribution in [3.8, 4) is 6.07 Å². The molecule has 0 amide bonds. The minimum absolute atomic E-state index is 0.466. The number of thiophene rings is 1. The van der Waals surface area contributed by atoms with E-state index in [0.29, 0.717) is 23.0 Å². The number of hydrogen-bond acceptors (Lipinski definition) is 5. The van der Waals surface area contributed by atoms with Gasteiger partial charge in [-0.15, -0.1) is 11.3 Å². The molecule has 0 bridgehead atoms. The maximum Gasteiger partial charge on any atom is 0.158 e. The van der Waals surface area contributed by atoms with Gasteiger partial charge in [-0.1, -0.05) is 39.8 Å². The third kappa shape index (κ3) is 3.34. The first-order chi connectivity index (χ1) is 15.5. The fourth-order valence-electron chi connectivity index (χ4n) is 4.13. The van der Waals surface area contributed by atoms with Gasteiger partial charge in [0.15, 0.2) is 5.65 Å². The average molecular weight is 442 g/mol. The number of fused-ring (bicyclic) bond motifs is 7. The maximum absolute atomic E-state index is 10.2. The average Bonchev–Trinajstić information content (AvgIpc) is 3.33. The lowest BCUT2D eigenvalue weighted by Gasteiger charge is -2.13. The number of nitrogens with zero attached hydrogens (tertiary/aromatic N) is 3. The summed E-state index contributed by atoms with van der Waals surface area (Å²) in [5.74, 6) is 1.04. The van der Waals surface area contributed by atoms with Crippen LogP contribution < -0.4 is 10.6 Å². The molecule has 2 N–H and O–H groups in total. The van der Waals surface area contributed by atoms with Crippen molar-refractivity contribution >= 4 is 59.7 Å². The van der Waals surface area contributed by atoms with Crippen molar-refractivity contribution in [1.82, 2.24) is 9.38 Å². The molecule has 0 spiro atoms. The topological polar surface area (TPSA) is 65.1 Å². The minimum Gasteiger partial charge on any atom is -0.385 e. The predicted molar refractivity (Wildman–Crippen MR) is 137 cm³/mol. The Kier molecular flexibility index (Phi) is 5.15.